The predicted octanol–water partition coefficient (Wildman–Crippen LogP) is 2.66. The van der Waals surface area contributed by atoms with Crippen molar-refractivity contribution in [2.24, 2.45) is 0 Å². The number of carbonyl (C=O) groups excluding carboxylic acids is 1. The average Bonchev–Trinajstić information content (AvgIpc) is 3.34. The summed E-state index contributed by atoms with van der Waals surface area (Å²) in [7, 11) is 0. The number of fused-ring (bicyclic) bond motifs is 1. The third-order valence-electron chi connectivity index (χ3n) is 5.00. The molecule has 1 aliphatic rings. The minimum Gasteiger partial charge on any atom is -0.481 e. The first-order valence-corrected chi connectivity index (χ1v) is 9.88. The van der Waals surface area contributed by atoms with Crippen LogP contribution in [0.5, 0.6) is 5.75 Å². The van der Waals surface area contributed by atoms with Gasteiger partial charge in [-0.3, -0.25) is 14.8 Å². The maximum Gasteiger partial charge on any atom is 0.260 e. The quantitative estimate of drug-likeness (QED) is 0.488. The highest BCUT2D eigenvalue weighted by Gasteiger charge is 2.30. The number of carbonyl (C=O) groups is 1. The van der Waals surface area contributed by atoms with Gasteiger partial charge in [-0.05, 0) is 24.3 Å². The van der Waals surface area contributed by atoms with Crippen LogP contribution in [0, 0.1) is 0 Å². The van der Waals surface area contributed by atoms with Gasteiger partial charge in [-0.2, -0.15) is 4.98 Å². The van der Waals surface area contributed by atoms with Crippen molar-refractivity contribution in [2.45, 2.75) is 6.10 Å². The van der Waals surface area contributed by atoms with Crippen molar-refractivity contribution in [3.8, 4) is 17.1 Å². The molecule has 31 heavy (non-hydrogen) atoms. The smallest absolute Gasteiger partial charge is 0.260 e. The second-order valence-electron chi connectivity index (χ2n) is 7.02. The van der Waals surface area contributed by atoms with E-state index in [2.05, 4.69) is 20.1 Å². The van der Waals surface area contributed by atoms with Crippen LogP contribution >= 0.6 is 0 Å². The second-order valence-corrected chi connectivity index (χ2v) is 7.02. The van der Waals surface area contributed by atoms with E-state index in [9.17, 15) is 4.79 Å². The standard InChI is InChI=1S/C22H19N5O4/c28-19(14-30-17-7-1-4-15-5-3-9-24-20(15)17)27-10-11-29-18(13-27)22-25-21(26-31-22)16-6-2-8-23-12-16/h1-9,12,18H,10-11,13-14H2. The molecule has 5 rings (SSSR count). The molecular weight excluding hydrogens is 398 g/mol. The molecular formula is C22H19N5O4. The summed E-state index contributed by atoms with van der Waals surface area (Å²) in [6, 6.07) is 13.1. The number of hydrogen-bond acceptors (Lipinski definition) is 8. The third kappa shape index (κ3) is 4.08. The van der Waals surface area contributed by atoms with Gasteiger partial charge in [0.15, 0.2) is 12.7 Å². The first kappa shape index (κ1) is 19.1. The molecule has 0 radical (unpaired) electrons. The number of ether oxygens (including phenoxy) is 2. The lowest BCUT2D eigenvalue weighted by Crippen LogP contribution is -2.44. The highest BCUT2D eigenvalue weighted by Crippen LogP contribution is 2.25. The first-order chi connectivity index (χ1) is 15.3. The van der Waals surface area contributed by atoms with E-state index in [1.165, 1.54) is 0 Å². The van der Waals surface area contributed by atoms with Crippen LogP contribution in [0.4, 0.5) is 0 Å². The third-order valence-corrected chi connectivity index (χ3v) is 5.00. The van der Waals surface area contributed by atoms with Crippen molar-refractivity contribution < 1.29 is 18.8 Å². The van der Waals surface area contributed by atoms with E-state index >= 15 is 0 Å². The van der Waals surface area contributed by atoms with Gasteiger partial charge in [-0.25, -0.2) is 0 Å². The fourth-order valence-corrected chi connectivity index (χ4v) is 3.43. The van der Waals surface area contributed by atoms with E-state index in [-0.39, 0.29) is 12.5 Å². The summed E-state index contributed by atoms with van der Waals surface area (Å²) >= 11 is 0. The highest BCUT2D eigenvalue weighted by atomic mass is 16.5. The molecule has 9 nitrogen and oxygen atoms in total. The fraction of sp³-hybridized carbons (Fsp3) is 0.227. The molecule has 156 valence electrons. The van der Waals surface area contributed by atoms with Gasteiger partial charge in [0.2, 0.25) is 5.82 Å². The van der Waals surface area contributed by atoms with Crippen LogP contribution < -0.4 is 4.74 Å². The maximum absolute atomic E-state index is 12.8. The Hall–Kier alpha value is -3.85. The Morgan fingerprint density at radius 1 is 1.16 bits per heavy atom. The Morgan fingerprint density at radius 2 is 2.06 bits per heavy atom. The summed E-state index contributed by atoms with van der Waals surface area (Å²) < 4.78 is 16.9. The molecule has 9 heteroatoms. The van der Waals surface area contributed by atoms with E-state index in [1.54, 1.807) is 29.6 Å². The van der Waals surface area contributed by atoms with Gasteiger partial charge in [0.1, 0.15) is 11.3 Å². The number of hydrogen-bond donors (Lipinski definition) is 0. The van der Waals surface area contributed by atoms with Crippen LogP contribution in [0.1, 0.15) is 12.0 Å². The summed E-state index contributed by atoms with van der Waals surface area (Å²) in [4.78, 5) is 27.3. The van der Waals surface area contributed by atoms with Gasteiger partial charge in [-0.15, -0.1) is 0 Å². The van der Waals surface area contributed by atoms with Crippen molar-refractivity contribution in [3.05, 3.63) is 66.9 Å². The predicted molar refractivity (Wildman–Crippen MR) is 110 cm³/mol. The molecule has 3 aromatic heterocycles. The first-order valence-electron chi connectivity index (χ1n) is 9.88. The number of morpholine rings is 1. The minimum atomic E-state index is -0.491. The molecule has 4 aromatic rings. The zero-order valence-corrected chi connectivity index (χ0v) is 16.5. The van der Waals surface area contributed by atoms with E-state index in [1.807, 2.05) is 36.4 Å². The number of aromatic nitrogens is 4. The molecule has 1 aromatic carbocycles. The van der Waals surface area contributed by atoms with Crippen LogP contribution in [0.25, 0.3) is 22.3 Å². The fourth-order valence-electron chi connectivity index (χ4n) is 3.43. The Morgan fingerprint density at radius 3 is 2.97 bits per heavy atom. The number of para-hydroxylation sites is 1. The summed E-state index contributed by atoms with van der Waals surface area (Å²) in [6.45, 7) is 1.06. The number of benzene rings is 1. The van der Waals surface area contributed by atoms with E-state index in [0.29, 0.717) is 37.2 Å². The number of amides is 1. The molecule has 1 saturated heterocycles. The second kappa shape index (κ2) is 8.49. The molecule has 0 spiro atoms. The van der Waals surface area contributed by atoms with Gasteiger partial charge in [-0.1, -0.05) is 23.4 Å². The molecule has 0 aliphatic carbocycles. The van der Waals surface area contributed by atoms with Crippen LogP contribution in [0.2, 0.25) is 0 Å². The van der Waals surface area contributed by atoms with Crippen molar-refractivity contribution in [2.75, 3.05) is 26.3 Å². The summed E-state index contributed by atoms with van der Waals surface area (Å²) in [5.74, 6) is 1.19. The van der Waals surface area contributed by atoms with Gasteiger partial charge in [0, 0.05) is 36.1 Å². The normalized spacial score (nSPS) is 16.4. The zero-order chi connectivity index (χ0) is 21.0. The van der Waals surface area contributed by atoms with Gasteiger partial charge < -0.3 is 18.9 Å². The van der Waals surface area contributed by atoms with Crippen molar-refractivity contribution in [3.63, 3.8) is 0 Å². The lowest BCUT2D eigenvalue weighted by molar-refractivity contribution is -0.142. The van der Waals surface area contributed by atoms with E-state index in [0.717, 1.165) is 16.5 Å². The molecule has 0 bridgehead atoms. The summed E-state index contributed by atoms with van der Waals surface area (Å²) in [5.41, 5.74) is 1.48. The van der Waals surface area contributed by atoms with E-state index in [4.69, 9.17) is 14.0 Å². The van der Waals surface area contributed by atoms with Crippen LogP contribution in [-0.2, 0) is 9.53 Å². The van der Waals surface area contributed by atoms with Crippen LogP contribution in [0.15, 0.2) is 65.6 Å². The van der Waals surface area contributed by atoms with Gasteiger partial charge in [0.05, 0.1) is 13.2 Å². The Bertz CT molecular complexity index is 1190. The molecule has 0 saturated carbocycles. The zero-order valence-electron chi connectivity index (χ0n) is 16.5. The monoisotopic (exact) mass is 417 g/mol. The number of rotatable bonds is 5. The van der Waals surface area contributed by atoms with Crippen LogP contribution in [-0.4, -0.2) is 57.2 Å². The summed E-state index contributed by atoms with van der Waals surface area (Å²) in [6.07, 6.45) is 4.54. The maximum atomic E-state index is 12.8. The Balaban J connectivity index is 1.24. The number of nitrogens with zero attached hydrogens (tertiary/aromatic N) is 5. The van der Waals surface area contributed by atoms with Gasteiger partial charge >= 0.3 is 0 Å². The average molecular weight is 417 g/mol. The van der Waals surface area contributed by atoms with Gasteiger partial charge in [0.25, 0.3) is 11.8 Å². The summed E-state index contributed by atoms with van der Waals surface area (Å²) in [5, 5.41) is 4.95. The SMILES string of the molecule is O=C(COc1cccc2cccnc12)N1CCOC(c2nc(-c3cccnc3)no2)C1. The Kier molecular flexibility index (Phi) is 5.24. The number of pyridine rings is 2. The topological polar surface area (TPSA) is 103 Å². The molecule has 1 fully saturated rings. The lowest BCUT2D eigenvalue weighted by Gasteiger charge is -2.31. The van der Waals surface area contributed by atoms with Crippen LogP contribution in [0.3, 0.4) is 0 Å². The lowest BCUT2D eigenvalue weighted by atomic mass is 10.2. The van der Waals surface area contributed by atoms with Crippen molar-refractivity contribution in [1.29, 1.82) is 0 Å². The highest BCUT2D eigenvalue weighted by molar-refractivity contribution is 5.85. The molecule has 0 N–H and O–H groups in total. The largest absolute Gasteiger partial charge is 0.481 e. The van der Waals surface area contributed by atoms with E-state index < -0.39 is 6.10 Å². The molecule has 1 aliphatic heterocycles. The Labute approximate surface area is 177 Å². The molecule has 1 amide bonds. The molecule has 4 heterocycles. The van der Waals surface area contributed by atoms with Crippen molar-refractivity contribution in [1.82, 2.24) is 25.0 Å². The molecule has 1 atom stereocenters. The minimum absolute atomic E-state index is 0.0901. The van der Waals surface area contributed by atoms with Crippen molar-refractivity contribution >= 4 is 16.8 Å². The molecule has 1 unspecified atom stereocenters.